The smallest absolute Gasteiger partial charge is 0.252 e. The quantitative estimate of drug-likeness (QED) is 0.640. The van der Waals surface area contributed by atoms with Crippen LogP contribution in [0.25, 0.3) is 6.08 Å². The highest BCUT2D eigenvalue weighted by molar-refractivity contribution is 6.67. The number of aryl methyl sites for hydroxylation is 1. The molecule has 0 N–H and O–H groups in total. The van der Waals surface area contributed by atoms with Gasteiger partial charge in [-0.25, -0.2) is 0 Å². The summed E-state index contributed by atoms with van der Waals surface area (Å²) in [4.78, 5) is 10.8. The van der Waals surface area contributed by atoms with E-state index in [0.717, 1.165) is 11.1 Å². The molecule has 0 unspecified atom stereocenters. The van der Waals surface area contributed by atoms with Crippen LogP contribution >= 0.6 is 11.6 Å². The highest BCUT2D eigenvalue weighted by Gasteiger charge is 2.04. The SMILES string of the molecule is C=Cc1ccc(C(=O)Cl)c(C)c1. The zero-order valence-electron chi connectivity index (χ0n) is 6.80. The maximum absolute atomic E-state index is 10.8. The van der Waals surface area contributed by atoms with Crippen LogP contribution in [0.3, 0.4) is 0 Å². The lowest BCUT2D eigenvalue weighted by Crippen LogP contribution is -1.92. The van der Waals surface area contributed by atoms with Gasteiger partial charge in [-0.2, -0.15) is 0 Å². The zero-order valence-corrected chi connectivity index (χ0v) is 7.56. The maximum atomic E-state index is 10.8. The van der Waals surface area contributed by atoms with E-state index in [9.17, 15) is 4.79 Å². The molecule has 1 aromatic carbocycles. The fourth-order valence-electron chi connectivity index (χ4n) is 1.03. The van der Waals surface area contributed by atoms with Crippen LogP contribution in [0.5, 0.6) is 0 Å². The molecule has 0 fully saturated rings. The van der Waals surface area contributed by atoms with Crippen LogP contribution in [-0.4, -0.2) is 5.24 Å². The molecule has 0 aliphatic heterocycles. The summed E-state index contributed by atoms with van der Waals surface area (Å²) in [7, 11) is 0. The average Bonchev–Trinajstić information content (AvgIpc) is 2.03. The number of carbonyl (C=O) groups excluding carboxylic acids is 1. The molecule has 0 saturated carbocycles. The standard InChI is InChI=1S/C10H9ClO/c1-3-8-4-5-9(10(11)12)7(2)6-8/h3-6H,1H2,2H3. The molecular weight excluding hydrogens is 172 g/mol. The Labute approximate surface area is 76.7 Å². The summed E-state index contributed by atoms with van der Waals surface area (Å²) >= 11 is 5.34. The topological polar surface area (TPSA) is 17.1 Å². The van der Waals surface area contributed by atoms with Crippen LogP contribution in [0.2, 0.25) is 0 Å². The highest BCUT2D eigenvalue weighted by Crippen LogP contribution is 2.13. The van der Waals surface area contributed by atoms with Crippen molar-refractivity contribution < 1.29 is 4.79 Å². The minimum absolute atomic E-state index is 0.414. The molecule has 2 heteroatoms. The van der Waals surface area contributed by atoms with Crippen molar-refractivity contribution in [3.63, 3.8) is 0 Å². The van der Waals surface area contributed by atoms with Crippen LogP contribution in [0.15, 0.2) is 24.8 Å². The Morgan fingerprint density at radius 3 is 2.67 bits per heavy atom. The number of hydrogen-bond donors (Lipinski definition) is 0. The van der Waals surface area contributed by atoms with E-state index in [1.807, 2.05) is 19.1 Å². The summed E-state index contributed by atoms with van der Waals surface area (Å²) < 4.78 is 0. The molecule has 0 aliphatic rings. The lowest BCUT2D eigenvalue weighted by molar-refractivity contribution is 0.108. The van der Waals surface area contributed by atoms with Crippen molar-refractivity contribution in [2.45, 2.75) is 6.92 Å². The van der Waals surface area contributed by atoms with Gasteiger partial charge in [-0.1, -0.05) is 24.8 Å². The van der Waals surface area contributed by atoms with E-state index < -0.39 is 5.24 Å². The van der Waals surface area contributed by atoms with Crippen molar-refractivity contribution in [3.05, 3.63) is 41.5 Å². The Kier molecular flexibility index (Phi) is 2.66. The van der Waals surface area contributed by atoms with E-state index in [1.165, 1.54) is 0 Å². The Hall–Kier alpha value is -1.08. The monoisotopic (exact) mass is 180 g/mol. The van der Waals surface area contributed by atoms with Gasteiger partial charge in [0, 0.05) is 5.56 Å². The van der Waals surface area contributed by atoms with Gasteiger partial charge in [-0.05, 0) is 35.7 Å². The molecule has 1 rings (SSSR count). The molecule has 0 saturated heterocycles. The summed E-state index contributed by atoms with van der Waals surface area (Å²) in [5.74, 6) is 0. The Balaban J connectivity index is 3.20. The van der Waals surface area contributed by atoms with Gasteiger partial charge in [0.2, 0.25) is 0 Å². The fourth-order valence-corrected chi connectivity index (χ4v) is 1.25. The number of halogens is 1. The fraction of sp³-hybridized carbons (Fsp3) is 0.100. The van der Waals surface area contributed by atoms with Gasteiger partial charge in [-0.3, -0.25) is 4.79 Å². The number of benzene rings is 1. The van der Waals surface area contributed by atoms with E-state index in [1.54, 1.807) is 12.1 Å². The Morgan fingerprint density at radius 2 is 2.25 bits per heavy atom. The molecule has 0 bridgehead atoms. The first-order chi connectivity index (χ1) is 5.65. The van der Waals surface area contributed by atoms with Gasteiger partial charge < -0.3 is 0 Å². The third-order valence-corrected chi connectivity index (χ3v) is 1.90. The van der Waals surface area contributed by atoms with Gasteiger partial charge in [0.1, 0.15) is 0 Å². The third-order valence-electron chi connectivity index (χ3n) is 1.70. The van der Waals surface area contributed by atoms with E-state index in [-0.39, 0.29) is 0 Å². The summed E-state index contributed by atoms with van der Waals surface area (Å²) in [5, 5.41) is -0.414. The molecule has 0 radical (unpaired) electrons. The van der Waals surface area contributed by atoms with Crippen molar-refractivity contribution in [1.82, 2.24) is 0 Å². The highest BCUT2D eigenvalue weighted by atomic mass is 35.5. The van der Waals surface area contributed by atoms with Crippen LogP contribution < -0.4 is 0 Å². The van der Waals surface area contributed by atoms with Crippen molar-refractivity contribution in [2.24, 2.45) is 0 Å². The van der Waals surface area contributed by atoms with Crippen LogP contribution in [0, 0.1) is 6.92 Å². The maximum Gasteiger partial charge on any atom is 0.252 e. The molecule has 0 aliphatic carbocycles. The van der Waals surface area contributed by atoms with Crippen LogP contribution in [-0.2, 0) is 0 Å². The third kappa shape index (κ3) is 1.74. The minimum atomic E-state index is -0.414. The second kappa shape index (κ2) is 3.55. The largest absolute Gasteiger partial charge is 0.276 e. The molecule has 0 aromatic heterocycles. The second-order valence-electron chi connectivity index (χ2n) is 2.55. The first-order valence-corrected chi connectivity index (χ1v) is 3.96. The number of hydrogen-bond acceptors (Lipinski definition) is 1. The van der Waals surface area contributed by atoms with E-state index in [2.05, 4.69) is 6.58 Å². The number of rotatable bonds is 2. The van der Waals surface area contributed by atoms with Gasteiger partial charge >= 0.3 is 0 Å². The molecular formula is C10H9ClO. The Bertz CT molecular complexity index is 329. The van der Waals surface area contributed by atoms with Gasteiger partial charge in [0.15, 0.2) is 0 Å². The van der Waals surface area contributed by atoms with Gasteiger partial charge in [-0.15, -0.1) is 0 Å². The second-order valence-corrected chi connectivity index (χ2v) is 2.90. The van der Waals surface area contributed by atoms with Crippen molar-refractivity contribution in [1.29, 1.82) is 0 Å². The molecule has 1 nitrogen and oxygen atoms in total. The molecule has 12 heavy (non-hydrogen) atoms. The summed E-state index contributed by atoms with van der Waals surface area (Å²) in [6.07, 6.45) is 1.73. The molecule has 0 atom stereocenters. The Morgan fingerprint density at radius 1 is 1.58 bits per heavy atom. The predicted octanol–water partition coefficient (Wildman–Crippen LogP) is 3.02. The van der Waals surface area contributed by atoms with Crippen molar-refractivity contribution in [3.8, 4) is 0 Å². The summed E-state index contributed by atoms with van der Waals surface area (Å²) in [6.45, 7) is 5.48. The number of carbonyl (C=O) groups is 1. The molecule has 0 heterocycles. The molecule has 0 spiro atoms. The predicted molar refractivity (Wildman–Crippen MR) is 51.5 cm³/mol. The van der Waals surface area contributed by atoms with Crippen LogP contribution in [0.4, 0.5) is 0 Å². The van der Waals surface area contributed by atoms with Crippen molar-refractivity contribution in [2.75, 3.05) is 0 Å². The first kappa shape index (κ1) is 9.01. The van der Waals surface area contributed by atoms with E-state index in [4.69, 9.17) is 11.6 Å². The first-order valence-electron chi connectivity index (χ1n) is 3.58. The normalized spacial score (nSPS) is 9.50. The zero-order chi connectivity index (χ0) is 9.14. The lowest BCUT2D eigenvalue weighted by Gasteiger charge is -2.00. The molecule has 0 amide bonds. The van der Waals surface area contributed by atoms with Gasteiger partial charge in [0.25, 0.3) is 5.24 Å². The van der Waals surface area contributed by atoms with Crippen LogP contribution in [0.1, 0.15) is 21.5 Å². The summed E-state index contributed by atoms with van der Waals surface area (Å²) in [5.41, 5.74) is 2.43. The van der Waals surface area contributed by atoms with E-state index in [0.29, 0.717) is 5.56 Å². The molecule has 1 aromatic rings. The summed E-state index contributed by atoms with van der Waals surface area (Å²) in [6, 6.07) is 5.40. The van der Waals surface area contributed by atoms with Crippen molar-refractivity contribution >= 4 is 22.9 Å². The average molecular weight is 181 g/mol. The minimum Gasteiger partial charge on any atom is -0.276 e. The van der Waals surface area contributed by atoms with E-state index >= 15 is 0 Å². The lowest BCUT2D eigenvalue weighted by atomic mass is 10.1. The molecule has 62 valence electrons. The van der Waals surface area contributed by atoms with Gasteiger partial charge in [0.05, 0.1) is 0 Å².